The molecule has 0 spiro atoms. The lowest BCUT2D eigenvalue weighted by Gasteiger charge is -2.22. The van der Waals surface area contributed by atoms with E-state index in [0.29, 0.717) is 12.2 Å². The van der Waals surface area contributed by atoms with E-state index < -0.39 is 10.8 Å². The lowest BCUT2D eigenvalue weighted by atomic mass is 10.1. The normalized spacial score (nSPS) is 28.4. The van der Waals surface area contributed by atoms with Crippen molar-refractivity contribution in [3.63, 3.8) is 0 Å². The minimum absolute atomic E-state index is 0.0627. The predicted octanol–water partition coefficient (Wildman–Crippen LogP) is 0.334. The van der Waals surface area contributed by atoms with E-state index in [1.165, 1.54) is 0 Å². The van der Waals surface area contributed by atoms with E-state index >= 15 is 0 Å². The lowest BCUT2D eigenvalue weighted by molar-refractivity contribution is -0.121. The fourth-order valence-electron chi connectivity index (χ4n) is 1.34. The highest BCUT2D eigenvalue weighted by atomic mass is 32.2. The summed E-state index contributed by atoms with van der Waals surface area (Å²) in [6, 6.07) is 0.241. The van der Waals surface area contributed by atoms with Crippen LogP contribution in [0.4, 0.5) is 0 Å². The van der Waals surface area contributed by atoms with E-state index in [-0.39, 0.29) is 11.9 Å². The summed E-state index contributed by atoms with van der Waals surface area (Å²) in [4.78, 5) is 11.2. The van der Waals surface area contributed by atoms with Crippen molar-refractivity contribution in [1.29, 1.82) is 0 Å². The standard InChI is InChI=1S/C8H15NO2S2/c10-8(1-4-12)9-7-2-5-13(11)6-3-7/h7,12H,1-6H2,(H,9,10). The molecular weight excluding hydrogens is 206 g/mol. The molecule has 0 aromatic carbocycles. The van der Waals surface area contributed by atoms with E-state index in [2.05, 4.69) is 17.9 Å². The van der Waals surface area contributed by atoms with Gasteiger partial charge in [0.1, 0.15) is 0 Å². The summed E-state index contributed by atoms with van der Waals surface area (Å²) in [5.74, 6) is 2.11. The number of amides is 1. The molecule has 3 nitrogen and oxygen atoms in total. The Morgan fingerprint density at radius 3 is 2.62 bits per heavy atom. The van der Waals surface area contributed by atoms with E-state index in [9.17, 15) is 9.00 Å². The van der Waals surface area contributed by atoms with Gasteiger partial charge in [0, 0.05) is 34.8 Å². The molecule has 0 radical (unpaired) electrons. The maximum atomic E-state index is 11.2. The first-order chi connectivity index (χ1) is 6.22. The van der Waals surface area contributed by atoms with Crippen LogP contribution in [-0.4, -0.2) is 33.4 Å². The summed E-state index contributed by atoms with van der Waals surface area (Å²) in [7, 11) is -0.646. The van der Waals surface area contributed by atoms with Crippen molar-refractivity contribution in [2.45, 2.75) is 25.3 Å². The molecular formula is C8H15NO2S2. The van der Waals surface area contributed by atoms with Gasteiger partial charge in [-0.1, -0.05) is 0 Å². The third-order valence-electron chi connectivity index (χ3n) is 2.09. The van der Waals surface area contributed by atoms with Crippen LogP contribution in [0.25, 0.3) is 0 Å². The molecule has 0 aromatic heterocycles. The number of hydrogen-bond donors (Lipinski definition) is 2. The summed E-state index contributed by atoms with van der Waals surface area (Å²) in [6.07, 6.45) is 2.18. The van der Waals surface area contributed by atoms with Crippen LogP contribution in [0.15, 0.2) is 0 Å². The molecule has 1 aliphatic heterocycles. The Balaban J connectivity index is 2.22. The van der Waals surface area contributed by atoms with Crippen molar-refractivity contribution in [2.24, 2.45) is 0 Å². The molecule has 13 heavy (non-hydrogen) atoms. The molecule has 0 saturated carbocycles. The zero-order valence-corrected chi connectivity index (χ0v) is 9.20. The summed E-state index contributed by atoms with van der Waals surface area (Å²) in [5.41, 5.74) is 0. The van der Waals surface area contributed by atoms with Gasteiger partial charge in [-0.25, -0.2) is 0 Å². The van der Waals surface area contributed by atoms with Crippen molar-refractivity contribution in [3.05, 3.63) is 0 Å². The highest BCUT2D eigenvalue weighted by Gasteiger charge is 2.18. The van der Waals surface area contributed by atoms with Gasteiger partial charge in [0.15, 0.2) is 0 Å². The Morgan fingerprint density at radius 2 is 2.08 bits per heavy atom. The number of thiol groups is 1. The molecule has 1 rings (SSSR count). The van der Waals surface area contributed by atoms with Crippen molar-refractivity contribution in [2.75, 3.05) is 17.3 Å². The third kappa shape index (κ3) is 4.13. The Labute approximate surface area is 86.5 Å². The molecule has 0 bridgehead atoms. The molecule has 1 amide bonds. The summed E-state index contributed by atoms with van der Waals surface area (Å²) in [5, 5.41) is 2.92. The average molecular weight is 221 g/mol. The zero-order valence-electron chi connectivity index (χ0n) is 7.49. The van der Waals surface area contributed by atoms with Crippen LogP contribution in [0, 0.1) is 0 Å². The van der Waals surface area contributed by atoms with Crippen LogP contribution in [0.1, 0.15) is 19.3 Å². The minimum atomic E-state index is -0.646. The van der Waals surface area contributed by atoms with Crippen LogP contribution < -0.4 is 5.32 Å². The second-order valence-corrected chi connectivity index (χ2v) is 5.31. The molecule has 0 aliphatic carbocycles. The molecule has 1 N–H and O–H groups in total. The molecule has 0 atom stereocenters. The molecule has 1 fully saturated rings. The molecule has 1 aliphatic rings. The first-order valence-electron chi connectivity index (χ1n) is 4.47. The maximum absolute atomic E-state index is 11.2. The lowest BCUT2D eigenvalue weighted by Crippen LogP contribution is -2.39. The Bertz CT molecular complexity index is 198. The molecule has 76 valence electrons. The van der Waals surface area contributed by atoms with Crippen LogP contribution >= 0.6 is 12.6 Å². The fraction of sp³-hybridized carbons (Fsp3) is 0.875. The number of rotatable bonds is 3. The number of carbonyl (C=O) groups excluding carboxylic acids is 1. The van der Waals surface area contributed by atoms with Gasteiger partial charge in [-0.05, 0) is 18.6 Å². The highest BCUT2D eigenvalue weighted by molar-refractivity contribution is 7.85. The maximum Gasteiger partial charge on any atom is 0.221 e. The SMILES string of the molecule is O=C(CCS)NC1CCS(=O)CC1. The highest BCUT2D eigenvalue weighted by Crippen LogP contribution is 2.09. The van der Waals surface area contributed by atoms with E-state index in [1.54, 1.807) is 0 Å². The van der Waals surface area contributed by atoms with E-state index in [0.717, 1.165) is 24.3 Å². The third-order valence-corrected chi connectivity index (χ3v) is 3.70. The minimum Gasteiger partial charge on any atom is -0.353 e. The van der Waals surface area contributed by atoms with Gasteiger partial charge in [-0.3, -0.25) is 9.00 Å². The van der Waals surface area contributed by atoms with Crippen molar-refractivity contribution in [1.82, 2.24) is 5.32 Å². The Morgan fingerprint density at radius 1 is 1.46 bits per heavy atom. The first kappa shape index (κ1) is 11.0. The second kappa shape index (κ2) is 5.65. The quantitative estimate of drug-likeness (QED) is 0.675. The van der Waals surface area contributed by atoms with Gasteiger partial charge in [0.25, 0.3) is 0 Å². The fourth-order valence-corrected chi connectivity index (χ4v) is 2.84. The number of nitrogens with one attached hydrogen (secondary N) is 1. The number of hydrogen-bond acceptors (Lipinski definition) is 3. The molecule has 1 saturated heterocycles. The second-order valence-electron chi connectivity index (χ2n) is 3.16. The first-order valence-corrected chi connectivity index (χ1v) is 6.59. The van der Waals surface area contributed by atoms with Gasteiger partial charge in [0.05, 0.1) is 0 Å². The topological polar surface area (TPSA) is 46.2 Å². The smallest absolute Gasteiger partial charge is 0.221 e. The zero-order chi connectivity index (χ0) is 9.68. The summed E-state index contributed by atoms with van der Waals surface area (Å²) in [6.45, 7) is 0. The molecule has 1 heterocycles. The summed E-state index contributed by atoms with van der Waals surface area (Å²) >= 11 is 3.98. The van der Waals surface area contributed by atoms with Gasteiger partial charge in [-0.15, -0.1) is 0 Å². The molecule has 0 aromatic rings. The Hall–Kier alpha value is -0.0300. The van der Waals surface area contributed by atoms with Gasteiger partial charge < -0.3 is 5.32 Å². The van der Waals surface area contributed by atoms with Crippen molar-refractivity contribution >= 4 is 29.3 Å². The monoisotopic (exact) mass is 221 g/mol. The van der Waals surface area contributed by atoms with Crippen LogP contribution in [0.3, 0.4) is 0 Å². The van der Waals surface area contributed by atoms with E-state index in [1.807, 2.05) is 0 Å². The molecule has 0 unspecified atom stereocenters. The van der Waals surface area contributed by atoms with E-state index in [4.69, 9.17) is 0 Å². The van der Waals surface area contributed by atoms with Crippen LogP contribution in [-0.2, 0) is 15.6 Å². The van der Waals surface area contributed by atoms with Crippen molar-refractivity contribution in [3.8, 4) is 0 Å². The van der Waals surface area contributed by atoms with Gasteiger partial charge in [0.2, 0.25) is 5.91 Å². The van der Waals surface area contributed by atoms with Crippen LogP contribution in [0.5, 0.6) is 0 Å². The van der Waals surface area contributed by atoms with Gasteiger partial charge >= 0.3 is 0 Å². The summed E-state index contributed by atoms with van der Waals surface area (Å²) < 4.78 is 11.0. The average Bonchev–Trinajstić information content (AvgIpc) is 2.09. The largest absolute Gasteiger partial charge is 0.353 e. The van der Waals surface area contributed by atoms with Crippen molar-refractivity contribution < 1.29 is 9.00 Å². The predicted molar refractivity (Wildman–Crippen MR) is 57.5 cm³/mol. The molecule has 5 heteroatoms. The van der Waals surface area contributed by atoms with Gasteiger partial charge in [-0.2, -0.15) is 12.6 Å². The van der Waals surface area contributed by atoms with Crippen LogP contribution in [0.2, 0.25) is 0 Å². The Kier molecular flexibility index (Phi) is 4.80. The number of carbonyl (C=O) groups is 1.